The highest BCUT2D eigenvalue weighted by Gasteiger charge is 2.33. The molecule has 0 bridgehead atoms. The van der Waals surface area contributed by atoms with Crippen LogP contribution < -0.4 is 10.2 Å². The number of imidazole rings is 1. The maximum atomic E-state index is 12.7. The second-order valence-electron chi connectivity index (χ2n) is 6.04. The minimum Gasteiger partial charge on any atom is -0.345 e. The van der Waals surface area contributed by atoms with Crippen LogP contribution in [-0.4, -0.2) is 33.4 Å². The summed E-state index contributed by atoms with van der Waals surface area (Å²) in [6.07, 6.45) is 3.65. The smallest absolute Gasteiger partial charge is 0.243 e. The fourth-order valence-corrected chi connectivity index (χ4v) is 3.90. The summed E-state index contributed by atoms with van der Waals surface area (Å²) in [5, 5.41) is 5.96. The van der Waals surface area contributed by atoms with Crippen molar-refractivity contribution in [2.75, 3.05) is 11.4 Å². The molecule has 7 heteroatoms. The van der Waals surface area contributed by atoms with Crippen LogP contribution in [0.5, 0.6) is 0 Å². The van der Waals surface area contributed by atoms with E-state index >= 15 is 0 Å². The Morgan fingerprint density at radius 2 is 2.33 bits per heavy atom. The molecule has 6 nitrogen and oxygen atoms in total. The van der Waals surface area contributed by atoms with Crippen molar-refractivity contribution in [1.29, 1.82) is 0 Å². The minimum atomic E-state index is -0.163. The van der Waals surface area contributed by atoms with Crippen molar-refractivity contribution in [3.8, 4) is 0 Å². The van der Waals surface area contributed by atoms with Gasteiger partial charge in [0.2, 0.25) is 5.91 Å². The number of carbonyl (C=O) groups is 1. The van der Waals surface area contributed by atoms with E-state index in [-0.39, 0.29) is 18.0 Å². The molecule has 0 radical (unpaired) electrons. The van der Waals surface area contributed by atoms with Crippen LogP contribution in [0.3, 0.4) is 0 Å². The Kier molecular flexibility index (Phi) is 3.93. The van der Waals surface area contributed by atoms with Gasteiger partial charge < -0.3 is 15.2 Å². The number of para-hydroxylation sites is 2. The fraction of sp³-hybridized carbons (Fsp3) is 0.353. The lowest BCUT2D eigenvalue weighted by molar-refractivity contribution is -0.122. The molecule has 24 heavy (non-hydrogen) atoms. The van der Waals surface area contributed by atoms with Crippen molar-refractivity contribution in [2.45, 2.75) is 31.8 Å². The number of anilines is 1. The van der Waals surface area contributed by atoms with Crippen LogP contribution in [-0.2, 0) is 4.79 Å². The number of aromatic amines is 1. The zero-order valence-electron chi connectivity index (χ0n) is 13.4. The first-order chi connectivity index (χ1) is 11.7. The van der Waals surface area contributed by atoms with Crippen LogP contribution in [0, 0.1) is 0 Å². The molecule has 2 atom stereocenters. The van der Waals surface area contributed by atoms with Gasteiger partial charge in [-0.15, -0.1) is 11.3 Å². The van der Waals surface area contributed by atoms with Crippen LogP contribution in [0.15, 0.2) is 35.8 Å². The summed E-state index contributed by atoms with van der Waals surface area (Å²) < 4.78 is 0. The lowest BCUT2D eigenvalue weighted by Crippen LogP contribution is -2.44. The third kappa shape index (κ3) is 2.75. The summed E-state index contributed by atoms with van der Waals surface area (Å²) >= 11 is 1.58. The molecular weight excluding hydrogens is 322 g/mol. The van der Waals surface area contributed by atoms with Crippen molar-refractivity contribution in [1.82, 2.24) is 20.3 Å². The normalized spacial score (nSPS) is 18.9. The molecule has 3 heterocycles. The standard InChI is InChI=1S/C17H19N5OS/c1-11(15-20-12-5-2-3-6-13(12)21-15)19-16(23)14-7-4-9-22(14)17-18-8-10-24-17/h2-3,5-6,8,10-11,14H,4,7,9H2,1H3,(H,19,23)(H,20,21). The number of carbonyl (C=O) groups excluding carboxylic acids is 1. The molecular formula is C17H19N5OS. The zero-order chi connectivity index (χ0) is 16.5. The van der Waals surface area contributed by atoms with Gasteiger partial charge >= 0.3 is 0 Å². The highest BCUT2D eigenvalue weighted by atomic mass is 32.1. The fourth-order valence-electron chi connectivity index (χ4n) is 3.18. The Balaban J connectivity index is 1.48. The van der Waals surface area contributed by atoms with E-state index in [1.54, 1.807) is 17.5 Å². The summed E-state index contributed by atoms with van der Waals surface area (Å²) in [6, 6.07) is 7.57. The van der Waals surface area contributed by atoms with E-state index in [0.29, 0.717) is 0 Å². The van der Waals surface area contributed by atoms with Gasteiger partial charge in [0, 0.05) is 18.1 Å². The van der Waals surface area contributed by atoms with Gasteiger partial charge in [-0.05, 0) is 31.9 Å². The molecule has 1 saturated heterocycles. The first kappa shape index (κ1) is 15.1. The van der Waals surface area contributed by atoms with E-state index < -0.39 is 0 Å². The molecule has 1 aromatic carbocycles. The number of benzene rings is 1. The average molecular weight is 341 g/mol. The van der Waals surface area contributed by atoms with Gasteiger partial charge in [-0.1, -0.05) is 12.1 Å². The van der Waals surface area contributed by atoms with E-state index in [1.807, 2.05) is 36.6 Å². The highest BCUT2D eigenvalue weighted by Crippen LogP contribution is 2.27. The quantitative estimate of drug-likeness (QED) is 0.765. The molecule has 124 valence electrons. The number of fused-ring (bicyclic) bond motifs is 1. The molecule has 1 aliphatic rings. The predicted molar refractivity (Wildman–Crippen MR) is 95.1 cm³/mol. The third-order valence-electron chi connectivity index (χ3n) is 4.40. The van der Waals surface area contributed by atoms with Gasteiger partial charge in [0.15, 0.2) is 5.13 Å². The molecule has 0 aliphatic carbocycles. The second kappa shape index (κ2) is 6.24. The van der Waals surface area contributed by atoms with Crippen molar-refractivity contribution in [3.63, 3.8) is 0 Å². The minimum absolute atomic E-state index is 0.0376. The van der Waals surface area contributed by atoms with E-state index in [9.17, 15) is 4.79 Å². The number of H-pyrrole nitrogens is 1. The predicted octanol–water partition coefficient (Wildman–Crippen LogP) is 2.87. The lowest BCUT2D eigenvalue weighted by atomic mass is 10.2. The Morgan fingerprint density at radius 1 is 1.46 bits per heavy atom. The average Bonchev–Trinajstić information content (AvgIpc) is 3.32. The Labute approximate surface area is 143 Å². The largest absolute Gasteiger partial charge is 0.345 e. The van der Waals surface area contributed by atoms with Crippen LogP contribution in [0.1, 0.15) is 31.6 Å². The highest BCUT2D eigenvalue weighted by molar-refractivity contribution is 7.13. The van der Waals surface area contributed by atoms with Crippen molar-refractivity contribution < 1.29 is 4.79 Å². The van der Waals surface area contributed by atoms with E-state index in [4.69, 9.17) is 0 Å². The van der Waals surface area contributed by atoms with Crippen molar-refractivity contribution >= 4 is 33.4 Å². The van der Waals surface area contributed by atoms with Crippen molar-refractivity contribution in [3.05, 3.63) is 41.7 Å². The van der Waals surface area contributed by atoms with Gasteiger partial charge in [0.05, 0.1) is 17.1 Å². The summed E-state index contributed by atoms with van der Waals surface area (Å²) in [5.74, 6) is 0.819. The SMILES string of the molecule is CC(NC(=O)C1CCCN1c1nccs1)c1nc2ccccc2[nH]1. The molecule has 1 fully saturated rings. The van der Waals surface area contributed by atoms with Crippen LogP contribution >= 0.6 is 11.3 Å². The summed E-state index contributed by atoms with van der Waals surface area (Å²) in [7, 11) is 0. The van der Waals surface area contributed by atoms with Gasteiger partial charge in [-0.2, -0.15) is 0 Å². The van der Waals surface area contributed by atoms with Gasteiger partial charge in [-0.3, -0.25) is 4.79 Å². The Hall–Kier alpha value is -2.41. The number of nitrogens with one attached hydrogen (secondary N) is 2. The van der Waals surface area contributed by atoms with E-state index in [1.165, 1.54) is 0 Å². The molecule has 1 amide bonds. The number of aromatic nitrogens is 3. The first-order valence-corrected chi connectivity index (χ1v) is 9.01. The molecule has 0 saturated carbocycles. The monoisotopic (exact) mass is 341 g/mol. The molecule has 2 aromatic heterocycles. The number of amides is 1. The van der Waals surface area contributed by atoms with Crippen LogP contribution in [0.4, 0.5) is 5.13 Å². The molecule has 3 aromatic rings. The number of nitrogens with zero attached hydrogens (tertiary/aromatic N) is 3. The Bertz CT molecular complexity index is 811. The maximum absolute atomic E-state index is 12.7. The number of hydrogen-bond donors (Lipinski definition) is 2. The van der Waals surface area contributed by atoms with Gasteiger partial charge in [0.1, 0.15) is 11.9 Å². The lowest BCUT2D eigenvalue weighted by Gasteiger charge is -2.24. The van der Waals surface area contributed by atoms with Crippen LogP contribution in [0.2, 0.25) is 0 Å². The molecule has 0 spiro atoms. The van der Waals surface area contributed by atoms with E-state index in [2.05, 4.69) is 25.2 Å². The number of hydrogen-bond acceptors (Lipinski definition) is 5. The second-order valence-corrected chi connectivity index (χ2v) is 6.91. The molecule has 2 unspecified atom stereocenters. The van der Waals surface area contributed by atoms with E-state index in [0.717, 1.165) is 41.4 Å². The third-order valence-corrected chi connectivity index (χ3v) is 5.21. The first-order valence-electron chi connectivity index (χ1n) is 8.13. The van der Waals surface area contributed by atoms with Crippen LogP contribution in [0.25, 0.3) is 11.0 Å². The number of thiazole rings is 1. The summed E-state index contributed by atoms with van der Waals surface area (Å²) in [4.78, 5) is 27.0. The molecule has 1 aliphatic heterocycles. The summed E-state index contributed by atoms with van der Waals surface area (Å²) in [5.41, 5.74) is 1.90. The molecule has 4 rings (SSSR count). The van der Waals surface area contributed by atoms with Crippen molar-refractivity contribution in [2.24, 2.45) is 0 Å². The Morgan fingerprint density at radius 3 is 3.12 bits per heavy atom. The van der Waals surface area contributed by atoms with Gasteiger partial charge in [0.25, 0.3) is 0 Å². The summed E-state index contributed by atoms with van der Waals surface area (Å²) in [6.45, 7) is 2.84. The number of rotatable bonds is 4. The maximum Gasteiger partial charge on any atom is 0.243 e. The van der Waals surface area contributed by atoms with Gasteiger partial charge in [-0.25, -0.2) is 9.97 Å². The topological polar surface area (TPSA) is 73.9 Å². The molecule has 2 N–H and O–H groups in total. The zero-order valence-corrected chi connectivity index (χ0v) is 14.2.